The van der Waals surface area contributed by atoms with Crippen LogP contribution in [0.15, 0.2) is 0 Å². The summed E-state index contributed by atoms with van der Waals surface area (Å²) in [6.45, 7) is 0. The highest BCUT2D eigenvalue weighted by molar-refractivity contribution is 4.96. The van der Waals surface area contributed by atoms with Gasteiger partial charge >= 0.3 is 0 Å². The first-order valence-corrected chi connectivity index (χ1v) is 3.63. The molecule has 0 aromatic rings. The number of hydrogen-bond acceptors (Lipinski definition) is 2. The van der Waals surface area contributed by atoms with Crippen molar-refractivity contribution in [2.75, 3.05) is 0 Å². The van der Waals surface area contributed by atoms with Gasteiger partial charge in [0, 0.05) is 0 Å². The third kappa shape index (κ3) is 0.864. The molecule has 0 aromatic heterocycles. The molecule has 0 saturated heterocycles. The van der Waals surface area contributed by atoms with Crippen LogP contribution in [-0.4, -0.2) is 22.4 Å². The minimum Gasteiger partial charge on any atom is -0.390 e. The highest BCUT2D eigenvalue weighted by Crippen LogP contribution is 2.49. The second kappa shape index (κ2) is 1.70. The second-order valence-electron chi connectivity index (χ2n) is 3.36. The molecule has 0 aromatic carbocycles. The molecule has 2 aliphatic rings. The molecule has 52 valence electrons. The molecule has 2 fully saturated rings. The van der Waals surface area contributed by atoms with Crippen LogP contribution in [0.4, 0.5) is 0 Å². The van der Waals surface area contributed by atoms with Gasteiger partial charge in [-0.3, -0.25) is 0 Å². The molecule has 0 amide bonds. The van der Waals surface area contributed by atoms with E-state index in [4.69, 9.17) is 10.2 Å². The summed E-state index contributed by atoms with van der Waals surface area (Å²) in [7, 11) is 0. The lowest BCUT2D eigenvalue weighted by Crippen LogP contribution is -2.30. The largest absolute Gasteiger partial charge is 0.390 e. The molecule has 2 N–H and O–H groups in total. The van der Waals surface area contributed by atoms with Crippen LogP contribution in [0.1, 0.15) is 19.3 Å². The van der Waals surface area contributed by atoms with Crippen molar-refractivity contribution in [3.63, 3.8) is 0 Å². The van der Waals surface area contributed by atoms with E-state index in [1.54, 1.807) is 0 Å². The van der Waals surface area contributed by atoms with Crippen molar-refractivity contribution in [1.82, 2.24) is 0 Å². The van der Waals surface area contributed by atoms with Gasteiger partial charge in [-0.15, -0.1) is 0 Å². The summed E-state index contributed by atoms with van der Waals surface area (Å²) in [4.78, 5) is 0. The lowest BCUT2D eigenvalue weighted by atomic mass is 9.95. The van der Waals surface area contributed by atoms with Crippen LogP contribution in [0.5, 0.6) is 0 Å². The zero-order chi connectivity index (χ0) is 6.43. The summed E-state index contributed by atoms with van der Waals surface area (Å²) in [5.74, 6) is 1.51. The summed E-state index contributed by atoms with van der Waals surface area (Å²) < 4.78 is 0. The smallest absolute Gasteiger partial charge is 0.0802 e. The number of rotatable bonds is 0. The average molecular weight is 128 g/mol. The Morgan fingerprint density at radius 3 is 1.67 bits per heavy atom. The zero-order valence-electron chi connectivity index (χ0n) is 5.33. The van der Waals surface area contributed by atoms with Crippen LogP contribution in [-0.2, 0) is 0 Å². The van der Waals surface area contributed by atoms with Gasteiger partial charge < -0.3 is 10.2 Å². The summed E-state index contributed by atoms with van der Waals surface area (Å²) >= 11 is 0. The average Bonchev–Trinajstić information content (AvgIpc) is 2.46. The van der Waals surface area contributed by atoms with Crippen molar-refractivity contribution >= 4 is 0 Å². The van der Waals surface area contributed by atoms with Gasteiger partial charge in [-0.1, -0.05) is 0 Å². The topological polar surface area (TPSA) is 40.5 Å². The number of aliphatic hydroxyl groups excluding tert-OH is 2. The van der Waals surface area contributed by atoms with E-state index in [2.05, 4.69) is 0 Å². The minimum atomic E-state index is -0.422. The lowest BCUT2D eigenvalue weighted by Gasteiger charge is -2.21. The van der Waals surface area contributed by atoms with E-state index < -0.39 is 12.2 Å². The maximum Gasteiger partial charge on any atom is 0.0802 e. The predicted octanol–water partition coefficient (Wildman–Crippen LogP) is 0.138. The van der Waals surface area contributed by atoms with Crippen molar-refractivity contribution in [3.05, 3.63) is 0 Å². The Hall–Kier alpha value is -0.0800. The lowest BCUT2D eigenvalue weighted by molar-refractivity contribution is -0.0119. The molecule has 0 aliphatic heterocycles. The first kappa shape index (κ1) is 5.69. The predicted molar refractivity (Wildman–Crippen MR) is 32.8 cm³/mol. The Balaban J connectivity index is 1.98. The standard InChI is InChI=1S/C7H12O2/c8-6-2-4-1-5(4)3-7(6)9/h4-9H,1-3H2. The second-order valence-corrected chi connectivity index (χ2v) is 3.36. The van der Waals surface area contributed by atoms with Crippen molar-refractivity contribution in [2.24, 2.45) is 11.8 Å². The van der Waals surface area contributed by atoms with E-state index in [0.29, 0.717) is 0 Å². The van der Waals surface area contributed by atoms with E-state index in [9.17, 15) is 0 Å². The van der Waals surface area contributed by atoms with Crippen LogP contribution in [0, 0.1) is 11.8 Å². The highest BCUT2D eigenvalue weighted by Gasteiger charge is 2.45. The van der Waals surface area contributed by atoms with Crippen molar-refractivity contribution in [3.8, 4) is 0 Å². The molecule has 2 rings (SSSR count). The van der Waals surface area contributed by atoms with Crippen molar-refractivity contribution in [1.29, 1.82) is 0 Å². The summed E-state index contributed by atoms with van der Waals surface area (Å²) in [6, 6.07) is 0. The van der Waals surface area contributed by atoms with Crippen LogP contribution in [0.2, 0.25) is 0 Å². The fourth-order valence-corrected chi connectivity index (χ4v) is 1.82. The van der Waals surface area contributed by atoms with Gasteiger partial charge in [0.25, 0.3) is 0 Å². The molecule has 0 bridgehead atoms. The van der Waals surface area contributed by atoms with Crippen LogP contribution in [0.25, 0.3) is 0 Å². The molecule has 0 radical (unpaired) electrons. The van der Waals surface area contributed by atoms with Gasteiger partial charge in [0.2, 0.25) is 0 Å². The number of hydrogen-bond donors (Lipinski definition) is 2. The molecule has 2 heteroatoms. The fraction of sp³-hybridized carbons (Fsp3) is 1.00. The summed E-state index contributed by atoms with van der Waals surface area (Å²) in [6.07, 6.45) is 2.08. The van der Waals surface area contributed by atoms with Crippen molar-refractivity contribution in [2.45, 2.75) is 31.5 Å². The number of fused-ring (bicyclic) bond motifs is 1. The Kier molecular flexibility index (Phi) is 1.08. The van der Waals surface area contributed by atoms with Gasteiger partial charge in [-0.05, 0) is 31.1 Å². The highest BCUT2D eigenvalue weighted by atomic mass is 16.3. The van der Waals surface area contributed by atoms with Gasteiger partial charge in [-0.25, -0.2) is 0 Å². The molecule has 2 saturated carbocycles. The fourth-order valence-electron chi connectivity index (χ4n) is 1.82. The van der Waals surface area contributed by atoms with Gasteiger partial charge in [0.15, 0.2) is 0 Å². The van der Waals surface area contributed by atoms with E-state index in [-0.39, 0.29) is 0 Å². The van der Waals surface area contributed by atoms with Crippen LogP contribution in [0.3, 0.4) is 0 Å². The molecule has 4 unspecified atom stereocenters. The Morgan fingerprint density at radius 2 is 1.22 bits per heavy atom. The van der Waals surface area contributed by atoms with Crippen LogP contribution < -0.4 is 0 Å². The van der Waals surface area contributed by atoms with Gasteiger partial charge in [0.05, 0.1) is 12.2 Å². The minimum absolute atomic E-state index is 0.422. The van der Waals surface area contributed by atoms with E-state index in [0.717, 1.165) is 24.7 Å². The van der Waals surface area contributed by atoms with E-state index in [1.807, 2.05) is 0 Å². The third-order valence-electron chi connectivity index (χ3n) is 2.60. The monoisotopic (exact) mass is 128 g/mol. The molecule has 2 aliphatic carbocycles. The molecular weight excluding hydrogens is 116 g/mol. The third-order valence-corrected chi connectivity index (χ3v) is 2.60. The van der Waals surface area contributed by atoms with Crippen LogP contribution >= 0.6 is 0 Å². The van der Waals surface area contributed by atoms with E-state index in [1.165, 1.54) is 6.42 Å². The Labute approximate surface area is 54.5 Å². The maximum atomic E-state index is 9.12. The molecule has 2 nitrogen and oxygen atoms in total. The van der Waals surface area contributed by atoms with Crippen molar-refractivity contribution < 1.29 is 10.2 Å². The normalized spacial score (nSPS) is 56.7. The SMILES string of the molecule is OC1CC2CC2CC1O. The molecule has 0 spiro atoms. The summed E-state index contributed by atoms with van der Waals surface area (Å²) in [5.41, 5.74) is 0. The number of aliphatic hydroxyl groups is 2. The van der Waals surface area contributed by atoms with Gasteiger partial charge in [0.1, 0.15) is 0 Å². The first-order valence-electron chi connectivity index (χ1n) is 3.63. The van der Waals surface area contributed by atoms with E-state index >= 15 is 0 Å². The Bertz CT molecular complexity index is 110. The molecular formula is C7H12O2. The summed E-state index contributed by atoms with van der Waals surface area (Å²) in [5, 5.41) is 18.2. The molecule has 4 atom stereocenters. The zero-order valence-corrected chi connectivity index (χ0v) is 5.33. The Morgan fingerprint density at radius 1 is 0.778 bits per heavy atom. The maximum absolute atomic E-state index is 9.12. The first-order chi connectivity index (χ1) is 4.27. The van der Waals surface area contributed by atoms with Gasteiger partial charge in [-0.2, -0.15) is 0 Å². The molecule has 9 heavy (non-hydrogen) atoms. The molecule has 0 heterocycles. The quantitative estimate of drug-likeness (QED) is 0.487.